The molecule has 1 unspecified atom stereocenters. The van der Waals surface area contributed by atoms with Gasteiger partial charge in [0, 0.05) is 33.3 Å². The topological polar surface area (TPSA) is 59.4 Å². The molecule has 2 aromatic carbocycles. The first-order valence-electron chi connectivity index (χ1n) is 7.20. The monoisotopic (exact) mass is 361 g/mol. The van der Waals surface area contributed by atoms with Gasteiger partial charge in [-0.15, -0.1) is 0 Å². The molecule has 122 valence electrons. The highest BCUT2D eigenvalue weighted by Crippen LogP contribution is 2.38. The molecule has 0 bridgehead atoms. The van der Waals surface area contributed by atoms with Crippen LogP contribution in [0, 0.1) is 0 Å². The van der Waals surface area contributed by atoms with Crippen LogP contribution in [-0.2, 0) is 4.79 Å². The first-order valence-corrected chi connectivity index (χ1v) is 7.95. The van der Waals surface area contributed by atoms with Gasteiger partial charge in [0.05, 0.1) is 5.52 Å². The molecule has 3 rings (SSSR count). The second-order valence-corrected chi connectivity index (χ2v) is 6.05. The lowest BCUT2D eigenvalue weighted by Crippen LogP contribution is -2.22. The average molecular weight is 362 g/mol. The Kier molecular flexibility index (Phi) is 4.60. The lowest BCUT2D eigenvalue weighted by atomic mass is 10.0. The fourth-order valence-corrected chi connectivity index (χ4v) is 3.03. The van der Waals surface area contributed by atoms with Crippen LogP contribution in [0.2, 0.25) is 10.0 Å². The van der Waals surface area contributed by atoms with E-state index in [1.165, 1.54) is 6.92 Å². The summed E-state index contributed by atoms with van der Waals surface area (Å²) in [6, 6.07) is 12.4. The van der Waals surface area contributed by atoms with Gasteiger partial charge in [-0.2, -0.15) is 0 Å². The van der Waals surface area contributed by atoms with E-state index < -0.39 is 12.1 Å². The molecular weight excluding hydrogens is 349 g/mol. The molecule has 0 aliphatic heterocycles. The minimum absolute atomic E-state index is 0.437. The Morgan fingerprint density at radius 2 is 1.88 bits per heavy atom. The standard InChI is InChI=1S/C18H13Cl2NO3/c1-10(18(22)23)24-11-5-6-12-13(7-8-21-16(12)9-11)17-14(19)3-2-4-15(17)20/h2-10H,1H3,(H,22,23). The highest BCUT2D eigenvalue weighted by Gasteiger charge is 2.15. The highest BCUT2D eigenvalue weighted by molar-refractivity contribution is 6.39. The van der Waals surface area contributed by atoms with Crippen LogP contribution < -0.4 is 4.74 Å². The average Bonchev–Trinajstić information content (AvgIpc) is 2.54. The minimum Gasteiger partial charge on any atom is -0.479 e. The smallest absolute Gasteiger partial charge is 0.344 e. The van der Waals surface area contributed by atoms with E-state index >= 15 is 0 Å². The van der Waals surface area contributed by atoms with E-state index in [1.807, 2.05) is 12.1 Å². The van der Waals surface area contributed by atoms with Crippen LogP contribution >= 0.6 is 23.2 Å². The summed E-state index contributed by atoms with van der Waals surface area (Å²) in [5, 5.41) is 10.9. The van der Waals surface area contributed by atoms with Crippen molar-refractivity contribution in [1.82, 2.24) is 4.98 Å². The first kappa shape index (κ1) is 16.6. The molecule has 0 aliphatic rings. The number of benzene rings is 2. The number of fused-ring (bicyclic) bond motifs is 1. The van der Waals surface area contributed by atoms with E-state index in [0.717, 1.165) is 16.5 Å². The van der Waals surface area contributed by atoms with Crippen LogP contribution in [0.5, 0.6) is 5.75 Å². The van der Waals surface area contributed by atoms with E-state index in [1.54, 1.807) is 36.5 Å². The SMILES string of the molecule is CC(Oc1ccc2c(-c3c(Cl)cccc3Cl)ccnc2c1)C(=O)O. The Bertz CT molecular complexity index is 907. The van der Waals surface area contributed by atoms with Gasteiger partial charge in [0.2, 0.25) is 0 Å². The quantitative estimate of drug-likeness (QED) is 0.705. The van der Waals surface area contributed by atoms with Crippen LogP contribution in [-0.4, -0.2) is 22.2 Å². The molecule has 0 saturated carbocycles. The Balaban J connectivity index is 2.11. The molecule has 1 atom stereocenters. The number of aliphatic carboxylic acids is 1. The predicted octanol–water partition coefficient (Wildman–Crippen LogP) is 5.06. The molecule has 0 aliphatic carbocycles. The van der Waals surface area contributed by atoms with Gasteiger partial charge in [0.1, 0.15) is 5.75 Å². The lowest BCUT2D eigenvalue weighted by molar-refractivity contribution is -0.144. The fourth-order valence-electron chi connectivity index (χ4n) is 2.43. The summed E-state index contributed by atoms with van der Waals surface area (Å²) in [4.78, 5) is 15.2. The number of aromatic nitrogens is 1. The number of ether oxygens (including phenoxy) is 1. The third kappa shape index (κ3) is 3.16. The summed E-state index contributed by atoms with van der Waals surface area (Å²) < 4.78 is 5.39. The van der Waals surface area contributed by atoms with Crippen LogP contribution in [0.4, 0.5) is 0 Å². The molecule has 3 aromatic rings. The molecule has 1 aromatic heterocycles. The van der Waals surface area contributed by atoms with Crippen LogP contribution in [0.25, 0.3) is 22.0 Å². The van der Waals surface area contributed by atoms with Crippen molar-refractivity contribution in [2.75, 3.05) is 0 Å². The Morgan fingerprint density at radius 1 is 1.17 bits per heavy atom. The molecule has 0 saturated heterocycles. The number of carboxylic acids is 1. The zero-order valence-corrected chi connectivity index (χ0v) is 14.2. The van der Waals surface area contributed by atoms with Gasteiger partial charge in [-0.25, -0.2) is 4.79 Å². The molecule has 0 spiro atoms. The van der Waals surface area contributed by atoms with E-state index in [2.05, 4.69) is 4.98 Å². The van der Waals surface area contributed by atoms with Gasteiger partial charge in [0.15, 0.2) is 6.10 Å². The minimum atomic E-state index is -1.03. The van der Waals surface area contributed by atoms with E-state index in [4.69, 9.17) is 33.0 Å². The number of hydrogen-bond donors (Lipinski definition) is 1. The van der Waals surface area contributed by atoms with Crippen molar-refractivity contribution in [3.05, 3.63) is 58.7 Å². The third-order valence-electron chi connectivity index (χ3n) is 3.61. The van der Waals surface area contributed by atoms with Gasteiger partial charge in [-0.3, -0.25) is 4.98 Å². The summed E-state index contributed by atoms with van der Waals surface area (Å²) in [5.74, 6) is -0.591. The first-order chi connectivity index (χ1) is 11.5. The number of hydrogen-bond acceptors (Lipinski definition) is 3. The Morgan fingerprint density at radius 3 is 2.54 bits per heavy atom. The second-order valence-electron chi connectivity index (χ2n) is 5.23. The number of pyridine rings is 1. The Hall–Kier alpha value is -2.30. The van der Waals surface area contributed by atoms with Crippen LogP contribution in [0.1, 0.15) is 6.92 Å². The van der Waals surface area contributed by atoms with Crippen molar-refractivity contribution < 1.29 is 14.6 Å². The maximum absolute atomic E-state index is 10.9. The van der Waals surface area contributed by atoms with Crippen molar-refractivity contribution >= 4 is 40.1 Å². The summed E-state index contributed by atoms with van der Waals surface area (Å²) in [6.07, 6.45) is 0.713. The van der Waals surface area contributed by atoms with Crippen LogP contribution in [0.15, 0.2) is 48.7 Å². The van der Waals surface area contributed by atoms with Crippen molar-refractivity contribution in [3.63, 3.8) is 0 Å². The Labute approximate surface area is 148 Å². The van der Waals surface area contributed by atoms with Crippen molar-refractivity contribution in [2.45, 2.75) is 13.0 Å². The molecule has 0 amide bonds. The largest absolute Gasteiger partial charge is 0.479 e. The molecule has 6 heteroatoms. The predicted molar refractivity (Wildman–Crippen MR) is 94.9 cm³/mol. The van der Waals surface area contributed by atoms with Gasteiger partial charge in [0.25, 0.3) is 0 Å². The molecule has 1 N–H and O–H groups in total. The summed E-state index contributed by atoms with van der Waals surface area (Å²) >= 11 is 12.6. The van der Waals surface area contributed by atoms with Crippen LogP contribution in [0.3, 0.4) is 0 Å². The van der Waals surface area contributed by atoms with Crippen molar-refractivity contribution in [3.8, 4) is 16.9 Å². The highest BCUT2D eigenvalue weighted by atomic mass is 35.5. The number of rotatable bonds is 4. The van der Waals surface area contributed by atoms with E-state index in [0.29, 0.717) is 21.3 Å². The zero-order valence-electron chi connectivity index (χ0n) is 12.7. The molecule has 0 fully saturated rings. The van der Waals surface area contributed by atoms with Crippen molar-refractivity contribution in [1.29, 1.82) is 0 Å². The molecule has 24 heavy (non-hydrogen) atoms. The van der Waals surface area contributed by atoms with Gasteiger partial charge in [-0.05, 0) is 42.8 Å². The molecular formula is C18H13Cl2NO3. The molecule has 4 nitrogen and oxygen atoms in total. The van der Waals surface area contributed by atoms with Gasteiger partial charge >= 0.3 is 5.97 Å². The fraction of sp³-hybridized carbons (Fsp3) is 0.111. The summed E-state index contributed by atoms with van der Waals surface area (Å²) in [5.41, 5.74) is 2.26. The summed E-state index contributed by atoms with van der Waals surface area (Å²) in [7, 11) is 0. The third-order valence-corrected chi connectivity index (χ3v) is 4.24. The van der Waals surface area contributed by atoms with E-state index in [-0.39, 0.29) is 0 Å². The zero-order chi connectivity index (χ0) is 17.3. The van der Waals surface area contributed by atoms with E-state index in [9.17, 15) is 4.79 Å². The molecule has 1 heterocycles. The summed E-state index contributed by atoms with van der Waals surface area (Å²) in [6.45, 7) is 1.47. The maximum Gasteiger partial charge on any atom is 0.344 e. The maximum atomic E-state index is 10.9. The molecule has 0 radical (unpaired) electrons. The van der Waals surface area contributed by atoms with Gasteiger partial charge in [-0.1, -0.05) is 29.3 Å². The number of carbonyl (C=O) groups is 1. The second kappa shape index (κ2) is 6.67. The normalized spacial score (nSPS) is 12.1. The number of carboxylic acid groups (broad SMARTS) is 1. The van der Waals surface area contributed by atoms with Gasteiger partial charge < -0.3 is 9.84 Å². The van der Waals surface area contributed by atoms with Crippen molar-refractivity contribution in [2.24, 2.45) is 0 Å². The lowest BCUT2D eigenvalue weighted by Gasteiger charge is -2.13. The number of halogens is 2. The number of nitrogens with zero attached hydrogens (tertiary/aromatic N) is 1.